The first kappa shape index (κ1) is 14.6. The van der Waals surface area contributed by atoms with E-state index >= 15 is 0 Å². The number of aryl methyl sites for hydroxylation is 1. The fourth-order valence-electron chi connectivity index (χ4n) is 1.91. The lowest BCUT2D eigenvalue weighted by Crippen LogP contribution is -2.07. The van der Waals surface area contributed by atoms with E-state index in [1.807, 2.05) is 6.92 Å². The van der Waals surface area contributed by atoms with Crippen LogP contribution in [0.15, 0.2) is 24.3 Å². The lowest BCUT2D eigenvalue weighted by atomic mass is 10.1. The van der Waals surface area contributed by atoms with Crippen LogP contribution in [0.4, 0.5) is 0 Å². The molecule has 0 aliphatic heterocycles. The van der Waals surface area contributed by atoms with Crippen LogP contribution in [0.25, 0.3) is 12.2 Å². The third-order valence-electron chi connectivity index (χ3n) is 2.97. The van der Waals surface area contributed by atoms with Crippen molar-refractivity contribution in [3.8, 4) is 11.5 Å². The average molecular weight is 288 g/mol. The number of aromatic nitrogens is 2. The predicted molar refractivity (Wildman–Crippen MR) is 78.4 cm³/mol. The minimum Gasteiger partial charge on any atom is -0.504 e. The van der Waals surface area contributed by atoms with Crippen LogP contribution in [0.3, 0.4) is 0 Å². The van der Waals surface area contributed by atoms with Crippen molar-refractivity contribution in [1.82, 2.24) is 9.78 Å². The zero-order chi connectivity index (χ0) is 15.4. The van der Waals surface area contributed by atoms with Crippen molar-refractivity contribution in [2.75, 3.05) is 7.11 Å². The zero-order valence-electron chi connectivity index (χ0n) is 11.8. The number of carbonyl (C=O) groups is 1. The summed E-state index contributed by atoms with van der Waals surface area (Å²) in [6.07, 6.45) is 3.49. The molecule has 21 heavy (non-hydrogen) atoms. The molecule has 2 N–H and O–H groups in total. The summed E-state index contributed by atoms with van der Waals surface area (Å²) in [5, 5.41) is 22.8. The number of phenols is 1. The molecule has 2 aromatic rings. The van der Waals surface area contributed by atoms with Gasteiger partial charge in [-0.05, 0) is 36.8 Å². The molecule has 2 rings (SSSR count). The van der Waals surface area contributed by atoms with Crippen LogP contribution in [-0.4, -0.2) is 33.1 Å². The summed E-state index contributed by atoms with van der Waals surface area (Å²) in [7, 11) is 1.48. The van der Waals surface area contributed by atoms with Crippen LogP contribution in [0, 0.1) is 0 Å². The molecule has 0 aliphatic carbocycles. The number of rotatable bonds is 5. The Labute approximate surface area is 121 Å². The topological polar surface area (TPSA) is 84.6 Å². The van der Waals surface area contributed by atoms with E-state index in [0.717, 1.165) is 5.56 Å². The minimum atomic E-state index is -1.00. The van der Waals surface area contributed by atoms with Crippen LogP contribution in [-0.2, 0) is 6.54 Å². The second-order valence-corrected chi connectivity index (χ2v) is 4.34. The molecule has 0 bridgehead atoms. The lowest BCUT2D eigenvalue weighted by Gasteiger charge is -2.03. The highest BCUT2D eigenvalue weighted by Crippen LogP contribution is 2.27. The second-order valence-electron chi connectivity index (χ2n) is 4.34. The summed E-state index contributed by atoms with van der Waals surface area (Å²) in [5.41, 5.74) is 1.52. The van der Waals surface area contributed by atoms with Crippen molar-refractivity contribution in [2.24, 2.45) is 0 Å². The first-order valence-corrected chi connectivity index (χ1v) is 6.41. The Morgan fingerprint density at radius 1 is 1.38 bits per heavy atom. The lowest BCUT2D eigenvalue weighted by molar-refractivity contribution is 0.0683. The number of hydrogen-bond acceptors (Lipinski definition) is 4. The second kappa shape index (κ2) is 6.13. The van der Waals surface area contributed by atoms with Crippen molar-refractivity contribution in [3.05, 3.63) is 41.2 Å². The maximum absolute atomic E-state index is 11.1. The number of methoxy groups -OCH3 is 1. The van der Waals surface area contributed by atoms with E-state index in [-0.39, 0.29) is 11.4 Å². The Bertz CT molecular complexity index is 689. The number of ether oxygens (including phenoxy) is 1. The SMILES string of the molecule is CCn1nc(/C=C/c2ccc(O)c(OC)c2)cc1C(=O)O. The smallest absolute Gasteiger partial charge is 0.354 e. The normalized spacial score (nSPS) is 11.0. The summed E-state index contributed by atoms with van der Waals surface area (Å²) in [6.45, 7) is 2.32. The molecule has 0 saturated carbocycles. The van der Waals surface area contributed by atoms with E-state index in [1.165, 1.54) is 23.9 Å². The van der Waals surface area contributed by atoms with Crippen LogP contribution in [0.2, 0.25) is 0 Å². The first-order valence-electron chi connectivity index (χ1n) is 6.41. The number of hydrogen-bond donors (Lipinski definition) is 2. The van der Waals surface area contributed by atoms with Gasteiger partial charge in [-0.1, -0.05) is 12.1 Å². The van der Waals surface area contributed by atoms with Gasteiger partial charge in [-0.2, -0.15) is 5.10 Å². The van der Waals surface area contributed by atoms with Gasteiger partial charge in [0.25, 0.3) is 0 Å². The maximum atomic E-state index is 11.1. The van der Waals surface area contributed by atoms with E-state index in [9.17, 15) is 9.90 Å². The number of phenolic OH excluding ortho intramolecular Hbond substituents is 1. The van der Waals surface area contributed by atoms with Crippen LogP contribution < -0.4 is 4.74 Å². The van der Waals surface area contributed by atoms with Gasteiger partial charge in [-0.25, -0.2) is 4.79 Å². The van der Waals surface area contributed by atoms with Gasteiger partial charge in [0.2, 0.25) is 0 Å². The fraction of sp³-hybridized carbons (Fsp3) is 0.200. The number of aromatic hydroxyl groups is 1. The quantitative estimate of drug-likeness (QED) is 0.883. The van der Waals surface area contributed by atoms with Crippen LogP contribution >= 0.6 is 0 Å². The van der Waals surface area contributed by atoms with E-state index in [4.69, 9.17) is 9.84 Å². The van der Waals surface area contributed by atoms with Gasteiger partial charge in [-0.15, -0.1) is 0 Å². The van der Waals surface area contributed by atoms with Gasteiger partial charge in [0.15, 0.2) is 11.5 Å². The number of aromatic carboxylic acids is 1. The van der Waals surface area contributed by atoms with Gasteiger partial charge in [0, 0.05) is 6.54 Å². The molecule has 110 valence electrons. The maximum Gasteiger partial charge on any atom is 0.354 e. The van der Waals surface area contributed by atoms with Crippen LogP contribution in [0.1, 0.15) is 28.7 Å². The Balaban J connectivity index is 2.27. The minimum absolute atomic E-state index is 0.0677. The van der Waals surface area contributed by atoms with E-state index < -0.39 is 5.97 Å². The fourth-order valence-corrected chi connectivity index (χ4v) is 1.91. The van der Waals surface area contributed by atoms with Gasteiger partial charge in [0.1, 0.15) is 5.69 Å². The average Bonchev–Trinajstić information content (AvgIpc) is 2.90. The molecular formula is C15H16N2O4. The molecule has 1 heterocycles. The largest absolute Gasteiger partial charge is 0.504 e. The molecule has 6 nitrogen and oxygen atoms in total. The highest BCUT2D eigenvalue weighted by atomic mass is 16.5. The van der Waals surface area contributed by atoms with Gasteiger partial charge < -0.3 is 14.9 Å². The molecule has 1 aromatic carbocycles. The van der Waals surface area contributed by atoms with Gasteiger partial charge in [0.05, 0.1) is 12.8 Å². The summed E-state index contributed by atoms with van der Waals surface area (Å²) < 4.78 is 6.46. The van der Waals surface area contributed by atoms with Crippen LogP contribution in [0.5, 0.6) is 11.5 Å². The van der Waals surface area contributed by atoms with E-state index in [0.29, 0.717) is 18.0 Å². The summed E-state index contributed by atoms with van der Waals surface area (Å²) >= 11 is 0. The molecule has 0 amide bonds. The molecule has 0 fully saturated rings. The molecule has 0 unspecified atom stereocenters. The van der Waals surface area contributed by atoms with Crippen molar-refractivity contribution in [2.45, 2.75) is 13.5 Å². The summed E-state index contributed by atoms with van der Waals surface area (Å²) in [6, 6.07) is 6.45. The molecule has 6 heteroatoms. The Morgan fingerprint density at radius 3 is 2.71 bits per heavy atom. The number of carboxylic acid groups (broad SMARTS) is 1. The molecule has 0 radical (unpaired) electrons. The van der Waals surface area contributed by atoms with Crippen molar-refractivity contribution >= 4 is 18.1 Å². The molecule has 0 spiro atoms. The van der Waals surface area contributed by atoms with Crippen molar-refractivity contribution in [3.63, 3.8) is 0 Å². The summed E-state index contributed by atoms with van der Waals surface area (Å²) in [5.74, 6) is -0.559. The highest BCUT2D eigenvalue weighted by molar-refractivity contribution is 5.86. The molecule has 0 atom stereocenters. The van der Waals surface area contributed by atoms with E-state index in [1.54, 1.807) is 24.3 Å². The standard InChI is InChI=1S/C15H16N2O4/c1-3-17-12(15(19)20)9-11(16-17)6-4-10-5-7-13(18)14(8-10)21-2/h4-9,18H,3H2,1-2H3,(H,19,20)/b6-4+. The summed E-state index contributed by atoms with van der Waals surface area (Å²) in [4.78, 5) is 11.1. The third-order valence-corrected chi connectivity index (χ3v) is 2.97. The monoisotopic (exact) mass is 288 g/mol. The van der Waals surface area contributed by atoms with Crippen molar-refractivity contribution in [1.29, 1.82) is 0 Å². The Morgan fingerprint density at radius 2 is 2.14 bits per heavy atom. The number of nitrogens with zero attached hydrogens (tertiary/aromatic N) is 2. The van der Waals surface area contributed by atoms with E-state index in [2.05, 4.69) is 5.10 Å². The van der Waals surface area contributed by atoms with Gasteiger partial charge >= 0.3 is 5.97 Å². The number of benzene rings is 1. The Hall–Kier alpha value is -2.76. The zero-order valence-corrected chi connectivity index (χ0v) is 11.8. The first-order chi connectivity index (χ1) is 10.0. The number of carboxylic acids is 1. The molecule has 0 saturated heterocycles. The third kappa shape index (κ3) is 3.22. The molecule has 1 aromatic heterocycles. The van der Waals surface area contributed by atoms with Gasteiger partial charge in [-0.3, -0.25) is 4.68 Å². The molecular weight excluding hydrogens is 272 g/mol. The Kier molecular flexibility index (Phi) is 4.27. The van der Waals surface area contributed by atoms with Crippen molar-refractivity contribution < 1.29 is 19.7 Å². The highest BCUT2D eigenvalue weighted by Gasteiger charge is 2.11. The molecule has 0 aliphatic rings. The predicted octanol–water partition coefficient (Wildman–Crippen LogP) is 2.49.